The van der Waals surface area contributed by atoms with Crippen LogP contribution in [0.25, 0.3) is 0 Å². The standard InChI is InChI=1S/C17H17N3O4/c1-10-8-19-15(9-18-10)17(23)24-12(3)16(22)20-14-6-4-5-13(7-14)11(2)21/h4-9,12H,1-3H3,(H,20,22)/t12-/m0/s1. The molecule has 0 unspecified atom stereocenters. The summed E-state index contributed by atoms with van der Waals surface area (Å²) < 4.78 is 5.07. The first-order valence-corrected chi connectivity index (χ1v) is 7.28. The third-order valence-electron chi connectivity index (χ3n) is 3.18. The molecule has 1 atom stereocenters. The van der Waals surface area contributed by atoms with Crippen LogP contribution in [0.1, 0.15) is 40.4 Å². The van der Waals surface area contributed by atoms with Gasteiger partial charge >= 0.3 is 5.97 Å². The zero-order valence-electron chi connectivity index (χ0n) is 13.6. The van der Waals surface area contributed by atoms with Gasteiger partial charge in [0.1, 0.15) is 0 Å². The number of hydrogen-bond donors (Lipinski definition) is 1. The molecule has 0 aliphatic rings. The van der Waals surface area contributed by atoms with Gasteiger partial charge in [0.05, 0.1) is 11.9 Å². The molecule has 1 amide bonds. The molecular formula is C17H17N3O4. The Morgan fingerprint density at radius 3 is 2.54 bits per heavy atom. The van der Waals surface area contributed by atoms with Crippen LogP contribution in [0.4, 0.5) is 5.69 Å². The Labute approximate surface area is 139 Å². The van der Waals surface area contributed by atoms with Crippen molar-refractivity contribution in [1.82, 2.24) is 9.97 Å². The van der Waals surface area contributed by atoms with E-state index >= 15 is 0 Å². The average molecular weight is 327 g/mol. The Morgan fingerprint density at radius 1 is 1.17 bits per heavy atom. The van der Waals surface area contributed by atoms with Crippen molar-refractivity contribution in [3.8, 4) is 0 Å². The number of aromatic nitrogens is 2. The first-order chi connectivity index (χ1) is 11.4. The summed E-state index contributed by atoms with van der Waals surface area (Å²) in [5.41, 5.74) is 1.62. The number of benzene rings is 1. The normalized spacial score (nSPS) is 11.5. The Hall–Kier alpha value is -3.09. The van der Waals surface area contributed by atoms with Gasteiger partial charge in [-0.2, -0.15) is 0 Å². The molecule has 1 aromatic heterocycles. The van der Waals surface area contributed by atoms with E-state index in [1.54, 1.807) is 31.2 Å². The van der Waals surface area contributed by atoms with Crippen LogP contribution in [-0.2, 0) is 9.53 Å². The summed E-state index contributed by atoms with van der Waals surface area (Å²) in [6.07, 6.45) is 1.70. The summed E-state index contributed by atoms with van der Waals surface area (Å²) in [6, 6.07) is 6.51. The van der Waals surface area contributed by atoms with E-state index in [0.29, 0.717) is 16.9 Å². The topological polar surface area (TPSA) is 98.2 Å². The van der Waals surface area contributed by atoms with Crippen molar-refractivity contribution < 1.29 is 19.1 Å². The molecule has 0 radical (unpaired) electrons. The summed E-state index contributed by atoms with van der Waals surface area (Å²) >= 11 is 0. The number of carbonyl (C=O) groups excluding carboxylic acids is 3. The fraction of sp³-hybridized carbons (Fsp3) is 0.235. The monoisotopic (exact) mass is 327 g/mol. The highest BCUT2D eigenvalue weighted by Crippen LogP contribution is 2.12. The van der Waals surface area contributed by atoms with Gasteiger partial charge in [0, 0.05) is 17.4 Å². The Morgan fingerprint density at radius 2 is 1.92 bits per heavy atom. The molecular weight excluding hydrogens is 310 g/mol. The summed E-state index contributed by atoms with van der Waals surface area (Å²) in [6.45, 7) is 4.63. The van der Waals surface area contributed by atoms with Gasteiger partial charge < -0.3 is 10.1 Å². The number of anilines is 1. The lowest BCUT2D eigenvalue weighted by atomic mass is 10.1. The lowest BCUT2D eigenvalue weighted by molar-refractivity contribution is -0.123. The van der Waals surface area contributed by atoms with Crippen LogP contribution in [-0.4, -0.2) is 33.7 Å². The molecule has 0 spiro atoms. The predicted octanol–water partition coefficient (Wildman–Crippen LogP) is 2.17. The number of esters is 1. The number of rotatable bonds is 5. The maximum atomic E-state index is 12.1. The van der Waals surface area contributed by atoms with Crippen molar-refractivity contribution in [1.29, 1.82) is 0 Å². The Bertz CT molecular complexity index is 772. The molecule has 24 heavy (non-hydrogen) atoms. The van der Waals surface area contributed by atoms with Gasteiger partial charge in [-0.05, 0) is 32.9 Å². The molecule has 0 saturated heterocycles. The third-order valence-corrected chi connectivity index (χ3v) is 3.18. The van der Waals surface area contributed by atoms with E-state index in [1.807, 2.05) is 0 Å². The predicted molar refractivity (Wildman–Crippen MR) is 86.7 cm³/mol. The van der Waals surface area contributed by atoms with E-state index in [9.17, 15) is 14.4 Å². The molecule has 0 fully saturated rings. The van der Waals surface area contributed by atoms with Crippen molar-refractivity contribution in [2.75, 3.05) is 5.32 Å². The maximum Gasteiger partial charge on any atom is 0.359 e. The second-order valence-corrected chi connectivity index (χ2v) is 5.22. The molecule has 7 heteroatoms. The van der Waals surface area contributed by atoms with Crippen LogP contribution in [0, 0.1) is 6.92 Å². The number of carbonyl (C=O) groups is 3. The highest BCUT2D eigenvalue weighted by Gasteiger charge is 2.20. The van der Waals surface area contributed by atoms with Gasteiger partial charge in [-0.25, -0.2) is 9.78 Å². The maximum absolute atomic E-state index is 12.1. The van der Waals surface area contributed by atoms with E-state index in [0.717, 1.165) is 0 Å². The van der Waals surface area contributed by atoms with E-state index in [2.05, 4.69) is 15.3 Å². The first kappa shape index (κ1) is 17.3. The second kappa shape index (κ2) is 7.45. The summed E-state index contributed by atoms with van der Waals surface area (Å²) in [5.74, 6) is -1.35. The van der Waals surface area contributed by atoms with Crippen molar-refractivity contribution in [3.63, 3.8) is 0 Å². The quantitative estimate of drug-likeness (QED) is 0.667. The van der Waals surface area contributed by atoms with Crippen molar-refractivity contribution >= 4 is 23.3 Å². The molecule has 7 nitrogen and oxygen atoms in total. The number of amides is 1. The first-order valence-electron chi connectivity index (χ1n) is 7.28. The lowest BCUT2D eigenvalue weighted by Crippen LogP contribution is -2.30. The molecule has 0 bridgehead atoms. The second-order valence-electron chi connectivity index (χ2n) is 5.22. The molecule has 1 heterocycles. The molecule has 0 aliphatic carbocycles. The van der Waals surface area contributed by atoms with Gasteiger partial charge in [0.2, 0.25) is 0 Å². The summed E-state index contributed by atoms with van der Waals surface area (Å²) in [4.78, 5) is 43.2. The van der Waals surface area contributed by atoms with Gasteiger partial charge in [-0.15, -0.1) is 0 Å². The van der Waals surface area contributed by atoms with Gasteiger partial charge in [0.15, 0.2) is 17.6 Å². The van der Waals surface area contributed by atoms with E-state index in [4.69, 9.17) is 4.74 Å². The van der Waals surface area contributed by atoms with Crippen LogP contribution in [0.3, 0.4) is 0 Å². The molecule has 124 valence electrons. The number of ether oxygens (including phenoxy) is 1. The Kier molecular flexibility index (Phi) is 5.36. The number of ketones is 1. The fourth-order valence-electron chi connectivity index (χ4n) is 1.83. The summed E-state index contributed by atoms with van der Waals surface area (Å²) in [5, 5.41) is 2.60. The largest absolute Gasteiger partial charge is 0.448 e. The molecule has 2 rings (SSSR count). The van der Waals surface area contributed by atoms with Crippen molar-refractivity contribution in [3.05, 3.63) is 53.6 Å². The molecule has 1 aromatic carbocycles. The molecule has 1 N–H and O–H groups in total. The van der Waals surface area contributed by atoms with E-state index in [-0.39, 0.29) is 11.5 Å². The highest BCUT2D eigenvalue weighted by atomic mass is 16.5. The number of aryl methyl sites for hydroxylation is 1. The summed E-state index contributed by atoms with van der Waals surface area (Å²) in [7, 11) is 0. The SMILES string of the molecule is CC(=O)c1cccc(NC(=O)[C@H](C)OC(=O)c2cnc(C)cn2)c1. The third kappa shape index (κ3) is 4.45. The smallest absolute Gasteiger partial charge is 0.359 e. The van der Waals surface area contributed by atoms with Crippen LogP contribution < -0.4 is 5.32 Å². The minimum atomic E-state index is -1.03. The zero-order valence-corrected chi connectivity index (χ0v) is 13.6. The number of Topliss-reactive ketones (excluding diaryl/α,β-unsaturated/α-hetero) is 1. The van der Waals surface area contributed by atoms with E-state index < -0.39 is 18.0 Å². The fourth-order valence-corrected chi connectivity index (χ4v) is 1.83. The number of hydrogen-bond acceptors (Lipinski definition) is 6. The highest BCUT2D eigenvalue weighted by molar-refractivity contribution is 5.99. The van der Waals surface area contributed by atoms with Crippen LogP contribution >= 0.6 is 0 Å². The molecule has 0 saturated carbocycles. The van der Waals surface area contributed by atoms with Crippen molar-refractivity contribution in [2.24, 2.45) is 0 Å². The van der Waals surface area contributed by atoms with E-state index in [1.165, 1.54) is 26.2 Å². The minimum Gasteiger partial charge on any atom is -0.448 e. The van der Waals surface area contributed by atoms with Crippen LogP contribution in [0.15, 0.2) is 36.7 Å². The number of nitrogens with one attached hydrogen (secondary N) is 1. The number of nitrogens with zero attached hydrogens (tertiary/aromatic N) is 2. The van der Waals surface area contributed by atoms with Crippen LogP contribution in [0.5, 0.6) is 0 Å². The van der Waals surface area contributed by atoms with Gasteiger partial charge in [-0.1, -0.05) is 12.1 Å². The molecule has 2 aromatic rings. The Balaban J connectivity index is 1.99. The average Bonchev–Trinajstić information content (AvgIpc) is 2.55. The van der Waals surface area contributed by atoms with Crippen molar-refractivity contribution in [2.45, 2.75) is 26.9 Å². The minimum absolute atomic E-state index is 0.0267. The van der Waals surface area contributed by atoms with Gasteiger partial charge in [-0.3, -0.25) is 14.6 Å². The van der Waals surface area contributed by atoms with Gasteiger partial charge in [0.25, 0.3) is 5.91 Å². The molecule has 0 aliphatic heterocycles. The van der Waals surface area contributed by atoms with Crippen LogP contribution in [0.2, 0.25) is 0 Å². The lowest BCUT2D eigenvalue weighted by Gasteiger charge is -2.13. The zero-order chi connectivity index (χ0) is 17.7.